The fourth-order valence-electron chi connectivity index (χ4n) is 5.23. The van der Waals surface area contributed by atoms with Gasteiger partial charge >= 0.3 is 0 Å². The van der Waals surface area contributed by atoms with E-state index in [1.165, 1.54) is 22.3 Å². The molecule has 2 heterocycles. The van der Waals surface area contributed by atoms with Gasteiger partial charge in [-0.1, -0.05) is 103 Å². The first kappa shape index (κ1) is 18.4. The molecular formula is C28H21ClN2. The fourth-order valence-corrected chi connectivity index (χ4v) is 5.35. The Hall–Kier alpha value is -3.36. The third kappa shape index (κ3) is 2.68. The van der Waals surface area contributed by atoms with E-state index in [4.69, 9.17) is 16.6 Å². The normalized spacial score (nSPS) is 18.4. The Bertz CT molecular complexity index is 1220. The van der Waals surface area contributed by atoms with E-state index < -0.39 is 0 Å². The summed E-state index contributed by atoms with van der Waals surface area (Å²) in [7, 11) is 0. The van der Waals surface area contributed by atoms with Gasteiger partial charge in [0.25, 0.3) is 0 Å². The van der Waals surface area contributed by atoms with Crippen LogP contribution in [0.5, 0.6) is 0 Å². The molecule has 0 amide bonds. The van der Waals surface area contributed by atoms with Crippen molar-refractivity contribution < 1.29 is 0 Å². The molecule has 0 radical (unpaired) electrons. The minimum absolute atomic E-state index is 0.127. The van der Waals surface area contributed by atoms with Crippen molar-refractivity contribution in [2.75, 3.05) is 0 Å². The third-order valence-electron chi connectivity index (χ3n) is 6.55. The molecule has 0 aliphatic carbocycles. The Labute approximate surface area is 187 Å². The van der Waals surface area contributed by atoms with Crippen molar-refractivity contribution in [2.24, 2.45) is 4.99 Å². The summed E-state index contributed by atoms with van der Waals surface area (Å²) in [4.78, 5) is 7.68. The maximum Gasteiger partial charge on any atom is 0.123 e. The number of hydrogen-bond acceptors (Lipinski definition) is 2. The summed E-state index contributed by atoms with van der Waals surface area (Å²) in [6, 6.07) is 38.5. The molecule has 2 aliphatic heterocycles. The predicted octanol–water partition coefficient (Wildman–Crippen LogP) is 6.93. The molecule has 0 saturated carbocycles. The van der Waals surface area contributed by atoms with Gasteiger partial charge in [0.2, 0.25) is 0 Å². The first-order chi connectivity index (χ1) is 15.3. The van der Waals surface area contributed by atoms with Crippen LogP contribution < -0.4 is 0 Å². The van der Waals surface area contributed by atoms with E-state index in [0.717, 1.165) is 23.1 Å². The quantitative estimate of drug-likeness (QED) is 0.351. The van der Waals surface area contributed by atoms with Crippen LogP contribution in [-0.4, -0.2) is 10.7 Å². The number of halogens is 1. The maximum atomic E-state index is 6.25. The van der Waals surface area contributed by atoms with Gasteiger partial charge in [0.15, 0.2) is 0 Å². The molecule has 6 rings (SSSR count). The van der Waals surface area contributed by atoms with Crippen LogP contribution in [0.15, 0.2) is 114 Å². The number of benzene rings is 4. The van der Waals surface area contributed by atoms with Gasteiger partial charge in [0, 0.05) is 11.6 Å². The van der Waals surface area contributed by atoms with E-state index in [1.807, 2.05) is 12.1 Å². The van der Waals surface area contributed by atoms with E-state index in [-0.39, 0.29) is 11.5 Å². The second-order valence-electron chi connectivity index (χ2n) is 8.19. The van der Waals surface area contributed by atoms with Gasteiger partial charge < -0.3 is 4.90 Å². The zero-order valence-electron chi connectivity index (χ0n) is 16.9. The lowest BCUT2D eigenvalue weighted by atomic mass is 9.59. The van der Waals surface area contributed by atoms with E-state index in [2.05, 4.69) is 102 Å². The summed E-state index contributed by atoms with van der Waals surface area (Å²) in [5, 5.41) is 0.756. The smallest absolute Gasteiger partial charge is 0.123 e. The number of aliphatic imine (C=N–C) groups is 1. The molecule has 0 spiro atoms. The van der Waals surface area contributed by atoms with Crippen LogP contribution in [0.4, 0.5) is 5.69 Å². The lowest BCUT2D eigenvalue weighted by Gasteiger charge is -2.61. The van der Waals surface area contributed by atoms with E-state index in [9.17, 15) is 0 Å². The van der Waals surface area contributed by atoms with Crippen LogP contribution in [0.1, 0.15) is 28.3 Å². The molecule has 1 unspecified atom stereocenters. The van der Waals surface area contributed by atoms with E-state index >= 15 is 0 Å². The van der Waals surface area contributed by atoms with Crippen LogP contribution >= 0.6 is 11.6 Å². The summed E-state index contributed by atoms with van der Waals surface area (Å²) in [5.74, 6) is 1.11. The highest BCUT2D eigenvalue weighted by Gasteiger charge is 2.61. The number of nitrogens with zero attached hydrogens (tertiary/aromatic N) is 2. The van der Waals surface area contributed by atoms with Crippen molar-refractivity contribution in [2.45, 2.75) is 18.0 Å². The number of rotatable bonds is 3. The second-order valence-corrected chi connectivity index (χ2v) is 8.62. The van der Waals surface area contributed by atoms with Crippen molar-refractivity contribution in [3.63, 3.8) is 0 Å². The van der Waals surface area contributed by atoms with Gasteiger partial charge in [-0.15, -0.1) is 0 Å². The Balaban J connectivity index is 1.66. The lowest BCUT2D eigenvalue weighted by Crippen LogP contribution is -2.66. The molecule has 0 bridgehead atoms. The van der Waals surface area contributed by atoms with Gasteiger partial charge in [0.1, 0.15) is 11.3 Å². The minimum Gasteiger partial charge on any atom is -0.346 e. The summed E-state index contributed by atoms with van der Waals surface area (Å²) in [6.45, 7) is 0.851. The number of fused-ring (bicyclic) bond motifs is 2. The average Bonchev–Trinajstić information content (AvgIpc) is 2.83. The number of para-hydroxylation sites is 1. The number of amidine groups is 1. The molecule has 1 atom stereocenters. The molecule has 0 N–H and O–H groups in total. The van der Waals surface area contributed by atoms with Crippen LogP contribution in [0.25, 0.3) is 0 Å². The lowest BCUT2D eigenvalue weighted by molar-refractivity contribution is 0.158. The summed E-state index contributed by atoms with van der Waals surface area (Å²) >= 11 is 6.25. The zero-order chi connectivity index (χ0) is 20.8. The molecular weight excluding hydrogens is 400 g/mol. The average molecular weight is 421 g/mol. The fraction of sp³-hybridized carbons (Fsp3) is 0.107. The standard InChI is InChI=1S/C28H21ClN2/c29-24-17-15-20(16-18-24)26-28(22-10-3-1-4-11-22,23-12-5-2-6-13-23)27-30-25-14-8-7-9-21(25)19-31(26)27/h1-18,26H,19H2. The van der Waals surface area contributed by atoms with E-state index in [1.54, 1.807) is 0 Å². The Morgan fingerprint density at radius 2 is 1.29 bits per heavy atom. The largest absolute Gasteiger partial charge is 0.346 e. The van der Waals surface area contributed by atoms with Gasteiger partial charge in [-0.05, 0) is 40.5 Å². The predicted molar refractivity (Wildman–Crippen MR) is 127 cm³/mol. The monoisotopic (exact) mass is 420 g/mol. The van der Waals surface area contributed by atoms with Crippen molar-refractivity contribution in [1.82, 2.24) is 4.90 Å². The van der Waals surface area contributed by atoms with E-state index in [0.29, 0.717) is 0 Å². The van der Waals surface area contributed by atoms with Crippen molar-refractivity contribution in [3.05, 3.63) is 136 Å². The molecule has 3 heteroatoms. The SMILES string of the molecule is Clc1ccc(C2N3Cc4ccccc4N=C3C2(c2ccccc2)c2ccccc2)cc1. The Kier molecular flexibility index (Phi) is 4.22. The highest BCUT2D eigenvalue weighted by molar-refractivity contribution is 6.30. The minimum atomic E-state index is -0.357. The van der Waals surface area contributed by atoms with Crippen LogP contribution in [0, 0.1) is 0 Å². The summed E-state index contributed by atoms with van der Waals surface area (Å²) in [6.07, 6.45) is 0. The molecule has 1 saturated heterocycles. The van der Waals surface area contributed by atoms with Crippen LogP contribution in [-0.2, 0) is 12.0 Å². The van der Waals surface area contributed by atoms with Gasteiger partial charge in [-0.25, -0.2) is 4.99 Å². The molecule has 2 nitrogen and oxygen atoms in total. The topological polar surface area (TPSA) is 15.6 Å². The molecule has 1 fully saturated rings. The Morgan fingerprint density at radius 1 is 0.710 bits per heavy atom. The first-order valence-electron chi connectivity index (χ1n) is 10.6. The Morgan fingerprint density at radius 3 is 1.94 bits per heavy atom. The summed E-state index contributed by atoms with van der Waals surface area (Å²) in [5.41, 5.74) is 5.74. The zero-order valence-corrected chi connectivity index (χ0v) is 17.7. The van der Waals surface area contributed by atoms with Crippen LogP contribution in [0.3, 0.4) is 0 Å². The first-order valence-corrected chi connectivity index (χ1v) is 11.0. The van der Waals surface area contributed by atoms with Gasteiger partial charge in [0.05, 0.1) is 11.7 Å². The highest BCUT2D eigenvalue weighted by Crippen LogP contribution is 2.58. The molecule has 4 aromatic carbocycles. The maximum absolute atomic E-state index is 6.25. The summed E-state index contributed by atoms with van der Waals surface area (Å²) < 4.78 is 0. The number of hydrogen-bond donors (Lipinski definition) is 0. The second kappa shape index (κ2) is 7.11. The molecule has 150 valence electrons. The molecule has 0 aromatic heterocycles. The molecule has 4 aromatic rings. The molecule has 2 aliphatic rings. The van der Waals surface area contributed by atoms with Crippen molar-refractivity contribution in [1.29, 1.82) is 0 Å². The molecule has 31 heavy (non-hydrogen) atoms. The van der Waals surface area contributed by atoms with Crippen LogP contribution in [0.2, 0.25) is 5.02 Å². The van der Waals surface area contributed by atoms with Gasteiger partial charge in [-0.3, -0.25) is 0 Å². The highest BCUT2D eigenvalue weighted by atomic mass is 35.5. The van der Waals surface area contributed by atoms with Crippen molar-refractivity contribution in [3.8, 4) is 0 Å². The van der Waals surface area contributed by atoms with Crippen molar-refractivity contribution >= 4 is 23.1 Å². The third-order valence-corrected chi connectivity index (χ3v) is 6.80. The van der Waals surface area contributed by atoms with Gasteiger partial charge in [-0.2, -0.15) is 0 Å².